The minimum atomic E-state index is -0.119. The van der Waals surface area contributed by atoms with Gasteiger partial charge >= 0.3 is 0 Å². The number of rotatable bonds is 3. The van der Waals surface area contributed by atoms with Gasteiger partial charge in [-0.3, -0.25) is 0 Å². The summed E-state index contributed by atoms with van der Waals surface area (Å²) in [7, 11) is 2.01. The van der Waals surface area contributed by atoms with Crippen LogP contribution in [0.15, 0.2) is 6.33 Å². The first-order valence-electron chi connectivity index (χ1n) is 5.57. The summed E-state index contributed by atoms with van der Waals surface area (Å²) in [6, 6.07) is 0.510. The van der Waals surface area contributed by atoms with Crippen LogP contribution in [0.5, 0.6) is 0 Å². The van der Waals surface area contributed by atoms with Gasteiger partial charge in [0.15, 0.2) is 0 Å². The molecule has 4 nitrogen and oxygen atoms in total. The molecule has 0 radical (unpaired) electrons. The van der Waals surface area contributed by atoms with Gasteiger partial charge in [-0.15, -0.1) is 0 Å². The summed E-state index contributed by atoms with van der Waals surface area (Å²) in [6.45, 7) is -0.119. The van der Waals surface area contributed by atoms with Gasteiger partial charge in [-0.2, -0.15) is 0 Å². The number of aliphatic hydroxyl groups excluding tert-OH is 1. The molecule has 0 spiro atoms. The second-order valence-electron chi connectivity index (χ2n) is 4.17. The number of aromatic nitrogens is 2. The predicted octanol–water partition coefficient (Wildman–Crippen LogP) is 2.00. The summed E-state index contributed by atoms with van der Waals surface area (Å²) in [5.74, 6) is 0.759. The first-order chi connectivity index (χ1) is 7.74. The van der Waals surface area contributed by atoms with Crippen molar-refractivity contribution in [2.75, 3.05) is 11.9 Å². The van der Waals surface area contributed by atoms with E-state index in [4.69, 9.17) is 11.6 Å². The molecule has 1 fully saturated rings. The highest BCUT2D eigenvalue weighted by Crippen LogP contribution is 2.29. The molecule has 1 aromatic rings. The third-order valence-corrected chi connectivity index (χ3v) is 3.56. The van der Waals surface area contributed by atoms with Gasteiger partial charge in [0.05, 0.1) is 12.2 Å². The molecule has 88 valence electrons. The molecule has 16 heavy (non-hydrogen) atoms. The zero-order valence-electron chi connectivity index (χ0n) is 9.36. The van der Waals surface area contributed by atoms with Gasteiger partial charge < -0.3 is 10.0 Å². The summed E-state index contributed by atoms with van der Waals surface area (Å²) >= 11 is 5.94. The molecule has 1 aromatic heterocycles. The van der Waals surface area contributed by atoms with Gasteiger partial charge in [-0.05, 0) is 12.8 Å². The van der Waals surface area contributed by atoms with E-state index in [0.29, 0.717) is 16.8 Å². The van der Waals surface area contributed by atoms with E-state index in [0.717, 1.165) is 5.82 Å². The van der Waals surface area contributed by atoms with Gasteiger partial charge in [0.25, 0.3) is 0 Å². The molecule has 1 N–H and O–H groups in total. The predicted molar refractivity (Wildman–Crippen MR) is 63.6 cm³/mol. The normalized spacial score (nSPS) is 16.7. The van der Waals surface area contributed by atoms with E-state index >= 15 is 0 Å². The number of anilines is 1. The maximum atomic E-state index is 9.30. The Balaban J connectivity index is 2.27. The molecular weight excluding hydrogens is 226 g/mol. The van der Waals surface area contributed by atoms with Crippen molar-refractivity contribution < 1.29 is 5.11 Å². The molecule has 0 atom stereocenters. The highest BCUT2D eigenvalue weighted by atomic mass is 35.5. The fourth-order valence-corrected chi connectivity index (χ4v) is 2.47. The highest BCUT2D eigenvalue weighted by Gasteiger charge is 2.23. The maximum Gasteiger partial charge on any atom is 0.140 e. The van der Waals surface area contributed by atoms with Gasteiger partial charge in [-0.25, -0.2) is 9.97 Å². The average molecular weight is 242 g/mol. The van der Waals surface area contributed by atoms with Crippen LogP contribution < -0.4 is 4.90 Å². The Bertz CT molecular complexity index is 366. The molecule has 2 rings (SSSR count). The van der Waals surface area contributed by atoms with E-state index in [1.165, 1.54) is 32.0 Å². The smallest absolute Gasteiger partial charge is 0.140 e. The first kappa shape index (κ1) is 11.6. The third kappa shape index (κ3) is 2.13. The van der Waals surface area contributed by atoms with Crippen molar-refractivity contribution in [3.05, 3.63) is 17.0 Å². The minimum Gasteiger partial charge on any atom is -0.391 e. The standard InChI is InChI=1S/C11H16ClN3O/c1-15(8-4-2-3-5-8)11-9(6-16)10(12)13-7-14-11/h7-8,16H,2-6H2,1H3. The number of hydrogen-bond acceptors (Lipinski definition) is 4. The fraction of sp³-hybridized carbons (Fsp3) is 0.636. The second kappa shape index (κ2) is 4.97. The fourth-order valence-electron chi connectivity index (χ4n) is 2.29. The number of aliphatic hydroxyl groups is 1. The van der Waals surface area contributed by atoms with E-state index in [9.17, 15) is 5.11 Å². The zero-order valence-corrected chi connectivity index (χ0v) is 10.1. The Hall–Kier alpha value is -0.870. The van der Waals surface area contributed by atoms with Crippen LogP contribution in [0.25, 0.3) is 0 Å². The van der Waals surface area contributed by atoms with Crippen molar-refractivity contribution >= 4 is 17.4 Å². The van der Waals surface area contributed by atoms with Crippen LogP contribution >= 0.6 is 11.6 Å². The van der Waals surface area contributed by atoms with Crippen molar-refractivity contribution in [2.45, 2.75) is 38.3 Å². The van der Waals surface area contributed by atoms with E-state index in [2.05, 4.69) is 14.9 Å². The first-order valence-corrected chi connectivity index (χ1v) is 5.95. The van der Waals surface area contributed by atoms with Crippen LogP contribution in [0.3, 0.4) is 0 Å². The molecule has 0 aromatic carbocycles. The molecule has 1 aliphatic rings. The van der Waals surface area contributed by atoms with Crippen LogP contribution in [0, 0.1) is 0 Å². The van der Waals surface area contributed by atoms with Crippen molar-refractivity contribution in [2.24, 2.45) is 0 Å². The van der Waals surface area contributed by atoms with Crippen LogP contribution in [0.2, 0.25) is 5.15 Å². The number of hydrogen-bond donors (Lipinski definition) is 1. The SMILES string of the molecule is CN(c1ncnc(Cl)c1CO)C1CCCC1. The van der Waals surface area contributed by atoms with E-state index in [-0.39, 0.29) is 6.61 Å². The van der Waals surface area contributed by atoms with Gasteiger partial charge in [0.2, 0.25) is 0 Å². The van der Waals surface area contributed by atoms with Gasteiger partial charge in [0, 0.05) is 13.1 Å². The van der Waals surface area contributed by atoms with Crippen molar-refractivity contribution in [3.8, 4) is 0 Å². The van der Waals surface area contributed by atoms with Crippen LogP contribution in [0.4, 0.5) is 5.82 Å². The highest BCUT2D eigenvalue weighted by molar-refractivity contribution is 6.30. The van der Waals surface area contributed by atoms with Crippen LogP contribution in [-0.4, -0.2) is 28.2 Å². The van der Waals surface area contributed by atoms with Crippen molar-refractivity contribution in [3.63, 3.8) is 0 Å². The molecule has 0 unspecified atom stereocenters. The molecule has 5 heteroatoms. The molecular formula is C11H16ClN3O. The molecule has 0 bridgehead atoms. The lowest BCUT2D eigenvalue weighted by atomic mass is 10.2. The molecule has 1 heterocycles. The Morgan fingerprint density at radius 1 is 1.44 bits per heavy atom. The summed E-state index contributed by atoms with van der Waals surface area (Å²) in [5.41, 5.74) is 0.624. The Morgan fingerprint density at radius 2 is 2.12 bits per heavy atom. The third-order valence-electron chi connectivity index (χ3n) is 3.23. The second-order valence-corrected chi connectivity index (χ2v) is 4.53. The quantitative estimate of drug-likeness (QED) is 0.823. The van der Waals surface area contributed by atoms with E-state index in [1.807, 2.05) is 7.05 Å². The average Bonchev–Trinajstić information content (AvgIpc) is 2.81. The molecule has 0 amide bonds. The summed E-state index contributed by atoms with van der Waals surface area (Å²) in [4.78, 5) is 10.2. The molecule has 0 aliphatic heterocycles. The molecule has 1 saturated carbocycles. The van der Waals surface area contributed by atoms with Gasteiger partial charge in [0.1, 0.15) is 17.3 Å². The van der Waals surface area contributed by atoms with Crippen LogP contribution in [0.1, 0.15) is 31.2 Å². The lowest BCUT2D eigenvalue weighted by molar-refractivity contribution is 0.281. The largest absolute Gasteiger partial charge is 0.391 e. The molecule has 1 aliphatic carbocycles. The monoisotopic (exact) mass is 241 g/mol. The topological polar surface area (TPSA) is 49.2 Å². The zero-order chi connectivity index (χ0) is 11.5. The van der Waals surface area contributed by atoms with E-state index in [1.54, 1.807) is 0 Å². The Labute approximate surface area is 100 Å². The summed E-state index contributed by atoms with van der Waals surface area (Å²) in [6.07, 6.45) is 6.35. The minimum absolute atomic E-state index is 0.119. The lowest BCUT2D eigenvalue weighted by Crippen LogP contribution is -2.30. The Kier molecular flexibility index (Phi) is 3.61. The summed E-state index contributed by atoms with van der Waals surface area (Å²) < 4.78 is 0. The summed E-state index contributed by atoms with van der Waals surface area (Å²) in [5, 5.41) is 9.64. The molecule has 0 saturated heterocycles. The number of nitrogens with zero attached hydrogens (tertiary/aromatic N) is 3. The Morgan fingerprint density at radius 3 is 2.75 bits per heavy atom. The van der Waals surface area contributed by atoms with Crippen molar-refractivity contribution in [1.29, 1.82) is 0 Å². The maximum absolute atomic E-state index is 9.30. The van der Waals surface area contributed by atoms with E-state index < -0.39 is 0 Å². The van der Waals surface area contributed by atoms with Crippen LogP contribution in [-0.2, 0) is 6.61 Å². The van der Waals surface area contributed by atoms with Crippen molar-refractivity contribution in [1.82, 2.24) is 9.97 Å². The lowest BCUT2D eigenvalue weighted by Gasteiger charge is -2.27. The number of halogens is 1. The van der Waals surface area contributed by atoms with Gasteiger partial charge in [-0.1, -0.05) is 24.4 Å².